The summed E-state index contributed by atoms with van der Waals surface area (Å²) in [7, 11) is 0. The number of nitrogens with one attached hydrogen (secondary N) is 1. The maximum atomic E-state index is 12.6. The number of nitrogens with zero attached hydrogens (tertiary/aromatic N) is 3. The smallest absolute Gasteiger partial charge is 0.409 e. The van der Waals surface area contributed by atoms with Gasteiger partial charge in [0.1, 0.15) is 5.82 Å². The molecule has 0 aromatic carbocycles. The van der Waals surface area contributed by atoms with Gasteiger partial charge in [0.15, 0.2) is 0 Å². The number of fused-ring (bicyclic) bond motifs is 2. The summed E-state index contributed by atoms with van der Waals surface area (Å²) in [5.74, 6) is 1.42. The van der Waals surface area contributed by atoms with Gasteiger partial charge in [0, 0.05) is 36.0 Å². The second-order valence-corrected chi connectivity index (χ2v) is 9.29. The number of carbonyl (C=O) groups excluding carboxylic acids is 1. The first kappa shape index (κ1) is 19.1. The first-order valence-corrected chi connectivity index (χ1v) is 11.4. The molecule has 0 atom stereocenters. The predicted octanol–water partition coefficient (Wildman–Crippen LogP) is 2.55. The molecule has 158 valence electrons. The van der Waals surface area contributed by atoms with Crippen molar-refractivity contribution in [3.05, 3.63) is 27.4 Å². The second kappa shape index (κ2) is 7.42. The van der Waals surface area contributed by atoms with Crippen LogP contribution in [0, 0.1) is 0 Å². The molecule has 7 heteroatoms. The largest absolute Gasteiger partial charge is 0.450 e. The molecule has 1 spiro atoms. The fourth-order valence-electron chi connectivity index (χ4n) is 5.65. The Morgan fingerprint density at radius 2 is 1.86 bits per heavy atom. The van der Waals surface area contributed by atoms with Crippen molar-refractivity contribution in [2.75, 3.05) is 32.8 Å². The average Bonchev–Trinajstić information content (AvgIpc) is 3.53. The topological polar surface area (TPSA) is 78.5 Å². The highest BCUT2D eigenvalue weighted by Crippen LogP contribution is 2.46. The lowest BCUT2D eigenvalue weighted by molar-refractivity contribution is 0.0557. The van der Waals surface area contributed by atoms with Gasteiger partial charge in [-0.25, -0.2) is 9.78 Å². The summed E-state index contributed by atoms with van der Waals surface area (Å²) >= 11 is 0. The third kappa shape index (κ3) is 3.47. The summed E-state index contributed by atoms with van der Waals surface area (Å²) < 4.78 is 5.14. The standard InChI is InChI=1S/C22H32N4O3/c1-2-29-21(28)26-11-6-16(7-12-26)25-13-9-22(10-14-25)8-5-17-18(22)23-19(15-3-4-15)24-20(17)27/h15-16H,2-14H2,1H3,(H,23,24,27). The average molecular weight is 401 g/mol. The van der Waals surface area contributed by atoms with Crippen LogP contribution in [0.1, 0.15) is 74.9 Å². The molecule has 3 fully saturated rings. The molecule has 5 rings (SSSR count). The maximum absolute atomic E-state index is 12.6. The molecule has 2 aliphatic heterocycles. The highest BCUT2D eigenvalue weighted by Gasteiger charge is 2.45. The van der Waals surface area contributed by atoms with Gasteiger partial charge in [-0.2, -0.15) is 0 Å². The minimum atomic E-state index is -0.172. The summed E-state index contributed by atoms with van der Waals surface area (Å²) in [5, 5.41) is 0. The van der Waals surface area contributed by atoms with Gasteiger partial charge in [-0.1, -0.05) is 0 Å². The van der Waals surface area contributed by atoms with Crippen LogP contribution in [0.5, 0.6) is 0 Å². The van der Waals surface area contributed by atoms with Crippen LogP contribution in [0.4, 0.5) is 4.79 Å². The van der Waals surface area contributed by atoms with Crippen LogP contribution in [-0.4, -0.2) is 64.7 Å². The Balaban J connectivity index is 1.23. The van der Waals surface area contributed by atoms with E-state index >= 15 is 0 Å². The lowest BCUT2D eigenvalue weighted by Gasteiger charge is -2.45. The number of hydrogen-bond acceptors (Lipinski definition) is 5. The molecule has 3 heterocycles. The number of likely N-dealkylation sites (tertiary alicyclic amines) is 2. The molecule has 2 saturated heterocycles. The summed E-state index contributed by atoms with van der Waals surface area (Å²) in [6.07, 6.45) is 8.33. The molecule has 2 aliphatic carbocycles. The van der Waals surface area contributed by atoms with Gasteiger partial charge in [-0.05, 0) is 71.4 Å². The summed E-state index contributed by atoms with van der Waals surface area (Å²) in [6.45, 7) is 6.00. The Morgan fingerprint density at radius 3 is 2.52 bits per heavy atom. The second-order valence-electron chi connectivity index (χ2n) is 9.29. The number of carbonyl (C=O) groups is 1. The van der Waals surface area contributed by atoms with Gasteiger partial charge in [0.25, 0.3) is 5.56 Å². The van der Waals surface area contributed by atoms with Gasteiger partial charge in [0.2, 0.25) is 0 Å². The number of hydrogen-bond donors (Lipinski definition) is 1. The van der Waals surface area contributed by atoms with Crippen molar-refractivity contribution in [3.63, 3.8) is 0 Å². The number of ether oxygens (including phenoxy) is 1. The van der Waals surface area contributed by atoms with Crippen molar-refractivity contribution in [2.45, 2.75) is 75.7 Å². The van der Waals surface area contributed by atoms with E-state index < -0.39 is 0 Å². The molecule has 0 unspecified atom stereocenters. The Bertz CT molecular complexity index is 831. The summed E-state index contributed by atoms with van der Waals surface area (Å²) in [6, 6.07) is 0.549. The van der Waals surface area contributed by atoms with Crippen molar-refractivity contribution in [3.8, 4) is 0 Å². The highest BCUT2D eigenvalue weighted by atomic mass is 16.6. The molecule has 1 saturated carbocycles. The van der Waals surface area contributed by atoms with Crippen molar-refractivity contribution < 1.29 is 9.53 Å². The lowest BCUT2D eigenvalue weighted by Crippen LogP contribution is -2.51. The lowest BCUT2D eigenvalue weighted by atomic mass is 9.75. The zero-order valence-electron chi connectivity index (χ0n) is 17.4. The van der Waals surface area contributed by atoms with E-state index in [0.29, 0.717) is 18.6 Å². The number of aromatic amines is 1. The van der Waals surface area contributed by atoms with Crippen molar-refractivity contribution >= 4 is 6.09 Å². The zero-order chi connectivity index (χ0) is 20.0. The molecule has 0 bridgehead atoms. The highest BCUT2D eigenvalue weighted by molar-refractivity contribution is 5.67. The minimum Gasteiger partial charge on any atom is -0.450 e. The maximum Gasteiger partial charge on any atom is 0.409 e. The Labute approximate surface area is 171 Å². The van der Waals surface area contributed by atoms with E-state index in [1.165, 1.54) is 0 Å². The number of amides is 1. The van der Waals surface area contributed by atoms with Gasteiger partial charge >= 0.3 is 6.09 Å². The quantitative estimate of drug-likeness (QED) is 0.844. The van der Waals surface area contributed by atoms with E-state index in [-0.39, 0.29) is 17.1 Å². The normalized spacial score (nSPS) is 24.7. The van der Waals surface area contributed by atoms with Crippen LogP contribution < -0.4 is 5.56 Å². The van der Waals surface area contributed by atoms with Crippen LogP contribution in [0.25, 0.3) is 0 Å². The van der Waals surface area contributed by atoms with E-state index in [0.717, 1.165) is 94.6 Å². The summed E-state index contributed by atoms with van der Waals surface area (Å²) in [4.78, 5) is 37.0. The molecule has 29 heavy (non-hydrogen) atoms. The number of aromatic nitrogens is 2. The van der Waals surface area contributed by atoms with Gasteiger partial charge in [-0.15, -0.1) is 0 Å². The Morgan fingerprint density at radius 1 is 1.14 bits per heavy atom. The first-order chi connectivity index (χ1) is 14.1. The summed E-state index contributed by atoms with van der Waals surface area (Å²) in [5.41, 5.74) is 2.29. The molecule has 1 N–H and O–H groups in total. The molecule has 7 nitrogen and oxygen atoms in total. The van der Waals surface area contributed by atoms with Gasteiger partial charge in [0.05, 0.1) is 12.3 Å². The molecule has 1 aromatic rings. The molecule has 4 aliphatic rings. The van der Waals surface area contributed by atoms with E-state index in [4.69, 9.17) is 9.72 Å². The van der Waals surface area contributed by atoms with Crippen LogP contribution in [0.2, 0.25) is 0 Å². The van der Waals surface area contributed by atoms with Gasteiger partial charge < -0.3 is 19.5 Å². The van der Waals surface area contributed by atoms with Gasteiger partial charge in [-0.3, -0.25) is 4.79 Å². The zero-order valence-corrected chi connectivity index (χ0v) is 17.4. The predicted molar refractivity (Wildman–Crippen MR) is 109 cm³/mol. The van der Waals surface area contributed by atoms with Crippen molar-refractivity contribution in [1.82, 2.24) is 19.8 Å². The number of H-pyrrole nitrogens is 1. The fraction of sp³-hybridized carbons (Fsp3) is 0.773. The number of piperidine rings is 2. The monoisotopic (exact) mass is 400 g/mol. The van der Waals surface area contributed by atoms with Crippen LogP contribution in [-0.2, 0) is 16.6 Å². The third-order valence-electron chi connectivity index (χ3n) is 7.62. The molecule has 0 radical (unpaired) electrons. The minimum absolute atomic E-state index is 0.107. The third-order valence-corrected chi connectivity index (χ3v) is 7.62. The van der Waals surface area contributed by atoms with Crippen molar-refractivity contribution in [2.24, 2.45) is 0 Å². The van der Waals surface area contributed by atoms with Crippen LogP contribution in [0.15, 0.2) is 4.79 Å². The van der Waals surface area contributed by atoms with E-state index in [2.05, 4.69) is 9.88 Å². The molecular formula is C22H32N4O3. The first-order valence-electron chi connectivity index (χ1n) is 11.4. The Kier molecular flexibility index (Phi) is 4.88. The SMILES string of the molecule is CCOC(=O)N1CCC(N2CCC3(CCc4c3nc(C3CC3)[nH]c4=O)CC2)CC1. The van der Waals surface area contributed by atoms with E-state index in [9.17, 15) is 9.59 Å². The molecular weight excluding hydrogens is 368 g/mol. The molecule has 1 aromatic heterocycles. The van der Waals surface area contributed by atoms with Crippen LogP contribution in [0.3, 0.4) is 0 Å². The van der Waals surface area contributed by atoms with Crippen LogP contribution >= 0.6 is 0 Å². The van der Waals surface area contributed by atoms with E-state index in [1.807, 2.05) is 11.8 Å². The Hall–Kier alpha value is -1.89. The fourth-order valence-corrected chi connectivity index (χ4v) is 5.65. The number of rotatable bonds is 3. The van der Waals surface area contributed by atoms with E-state index in [1.54, 1.807) is 0 Å². The van der Waals surface area contributed by atoms with Crippen molar-refractivity contribution in [1.29, 1.82) is 0 Å². The molecule has 1 amide bonds.